The van der Waals surface area contributed by atoms with Gasteiger partial charge in [0, 0.05) is 23.0 Å². The topological polar surface area (TPSA) is 115 Å². The van der Waals surface area contributed by atoms with Gasteiger partial charge in [-0.15, -0.1) is 0 Å². The summed E-state index contributed by atoms with van der Waals surface area (Å²) < 4.78 is 31.5. The number of H-pyrrole nitrogens is 1. The van der Waals surface area contributed by atoms with E-state index in [-0.39, 0.29) is 12.5 Å². The second-order valence-corrected chi connectivity index (χ2v) is 11.6. The first-order valence-electron chi connectivity index (χ1n) is 13.0. The molecule has 0 aliphatic carbocycles. The molecule has 0 aliphatic rings. The van der Waals surface area contributed by atoms with E-state index in [0.717, 1.165) is 12.1 Å². The van der Waals surface area contributed by atoms with Gasteiger partial charge in [0.2, 0.25) is 10.0 Å². The molecule has 1 aromatic heterocycles. The van der Waals surface area contributed by atoms with Gasteiger partial charge >= 0.3 is 5.97 Å². The molecule has 0 atom stereocenters. The van der Waals surface area contributed by atoms with Crippen LogP contribution in [0, 0.1) is 0 Å². The van der Waals surface area contributed by atoms with E-state index in [4.69, 9.17) is 9.73 Å². The predicted octanol–water partition coefficient (Wildman–Crippen LogP) is 4.94. The van der Waals surface area contributed by atoms with Crippen molar-refractivity contribution in [2.45, 2.75) is 13.3 Å². The highest BCUT2D eigenvalue weighted by molar-refractivity contribution is 7.92. The number of hydrogen-bond acceptors (Lipinski definition) is 7. The molecule has 0 saturated heterocycles. The molecule has 0 unspecified atom stereocenters. The van der Waals surface area contributed by atoms with Crippen LogP contribution in [-0.2, 0) is 14.8 Å². The molecular formula is C30H34N4O5S. The zero-order valence-electron chi connectivity index (χ0n) is 23.1. The summed E-state index contributed by atoms with van der Waals surface area (Å²) >= 11 is 0. The molecule has 1 heterocycles. The van der Waals surface area contributed by atoms with Crippen LogP contribution in [0.4, 0.5) is 11.4 Å². The Bertz CT molecular complexity index is 1610. The molecule has 0 fully saturated rings. The van der Waals surface area contributed by atoms with Crippen molar-refractivity contribution in [1.82, 2.24) is 9.88 Å². The Morgan fingerprint density at radius 2 is 1.68 bits per heavy atom. The van der Waals surface area contributed by atoms with Gasteiger partial charge in [0.1, 0.15) is 0 Å². The number of aromatic amines is 1. The number of nitrogens with zero attached hydrogens (tertiary/aromatic N) is 3. The van der Waals surface area contributed by atoms with E-state index in [1.165, 1.54) is 10.6 Å². The maximum absolute atomic E-state index is 12.5. The molecule has 4 rings (SSSR count). The summed E-state index contributed by atoms with van der Waals surface area (Å²) in [5.74, 6) is -0.527. The highest BCUT2D eigenvalue weighted by Gasteiger charge is 2.21. The van der Waals surface area contributed by atoms with Gasteiger partial charge in [-0.3, -0.25) is 4.31 Å². The average molecular weight is 563 g/mol. The van der Waals surface area contributed by atoms with Crippen molar-refractivity contribution >= 4 is 44.0 Å². The Kier molecular flexibility index (Phi) is 8.91. The molecule has 10 heteroatoms. The summed E-state index contributed by atoms with van der Waals surface area (Å²) in [5, 5.41) is 11.7. The monoisotopic (exact) mass is 562 g/mol. The lowest BCUT2D eigenvalue weighted by Crippen LogP contribution is -2.32. The Hall–Kier alpha value is -4.15. The molecule has 3 aromatic carbocycles. The molecule has 0 saturated carbocycles. The number of ether oxygens (including phenoxy) is 1. The van der Waals surface area contributed by atoms with E-state index in [2.05, 4.69) is 4.98 Å². The summed E-state index contributed by atoms with van der Waals surface area (Å²) in [5.41, 5.74) is 3.87. The number of esters is 1. The van der Waals surface area contributed by atoms with Gasteiger partial charge in [-0.2, -0.15) is 0 Å². The van der Waals surface area contributed by atoms with E-state index in [0.29, 0.717) is 52.1 Å². The third-order valence-corrected chi connectivity index (χ3v) is 7.51. The molecule has 0 radical (unpaired) electrons. The van der Waals surface area contributed by atoms with E-state index in [1.54, 1.807) is 49.4 Å². The van der Waals surface area contributed by atoms with Crippen molar-refractivity contribution < 1.29 is 23.1 Å². The van der Waals surface area contributed by atoms with Crippen LogP contribution in [0.2, 0.25) is 0 Å². The van der Waals surface area contributed by atoms with Crippen molar-refractivity contribution in [3.05, 3.63) is 89.5 Å². The van der Waals surface area contributed by atoms with Gasteiger partial charge in [-0.25, -0.2) is 18.2 Å². The van der Waals surface area contributed by atoms with Crippen LogP contribution in [0.25, 0.3) is 10.9 Å². The molecule has 0 bridgehead atoms. The Labute approximate surface area is 234 Å². The van der Waals surface area contributed by atoms with E-state index < -0.39 is 16.0 Å². The molecule has 0 aliphatic heterocycles. The number of benzene rings is 3. The molecule has 0 spiro atoms. The van der Waals surface area contributed by atoms with E-state index >= 15 is 0 Å². The summed E-state index contributed by atoms with van der Waals surface area (Å²) in [6, 6.07) is 21.5. The highest BCUT2D eigenvalue weighted by Crippen LogP contribution is 2.33. The summed E-state index contributed by atoms with van der Waals surface area (Å²) in [6.45, 7) is 3.14. The second-order valence-electron chi connectivity index (χ2n) is 9.66. The van der Waals surface area contributed by atoms with Crippen LogP contribution < -0.4 is 4.31 Å². The van der Waals surface area contributed by atoms with Gasteiger partial charge in [-0.05, 0) is 70.4 Å². The average Bonchev–Trinajstić information content (AvgIpc) is 3.24. The Morgan fingerprint density at radius 3 is 2.30 bits per heavy atom. The minimum Gasteiger partial charge on any atom is -0.494 e. The molecule has 9 nitrogen and oxygen atoms in total. The van der Waals surface area contributed by atoms with Crippen LogP contribution in [-0.4, -0.2) is 75.1 Å². The maximum Gasteiger partial charge on any atom is 0.338 e. The third kappa shape index (κ3) is 6.70. The van der Waals surface area contributed by atoms with Crippen molar-refractivity contribution in [3.8, 4) is 5.88 Å². The lowest BCUT2D eigenvalue weighted by Gasteiger charge is -2.23. The van der Waals surface area contributed by atoms with E-state index in [9.17, 15) is 18.3 Å². The number of hydrogen-bond donors (Lipinski definition) is 2. The molecular weight excluding hydrogens is 528 g/mol. The lowest BCUT2D eigenvalue weighted by molar-refractivity contribution is 0.0526. The first-order chi connectivity index (χ1) is 19.1. The fraction of sp³-hybridized carbons (Fsp3) is 0.267. The number of sulfonamides is 1. The molecule has 2 N–H and O–H groups in total. The first-order valence-corrected chi connectivity index (χ1v) is 14.8. The normalized spacial score (nSPS) is 12.2. The number of rotatable bonds is 11. The Morgan fingerprint density at radius 1 is 0.975 bits per heavy atom. The number of carbonyl (C=O) groups excluding carboxylic acids is 1. The quantitative estimate of drug-likeness (QED) is 0.198. The summed E-state index contributed by atoms with van der Waals surface area (Å²) in [4.78, 5) is 22.1. The molecule has 0 amide bonds. The van der Waals surface area contributed by atoms with Crippen LogP contribution in [0.5, 0.6) is 5.88 Å². The number of carbonyl (C=O) groups is 1. The van der Waals surface area contributed by atoms with Crippen LogP contribution in [0.3, 0.4) is 0 Å². The molecule has 4 aromatic rings. The Balaban J connectivity index is 1.75. The summed E-state index contributed by atoms with van der Waals surface area (Å²) in [7, 11) is 0.437. The minimum absolute atomic E-state index is 0.0839. The first kappa shape index (κ1) is 28.8. The number of aliphatic imine (C=N–C) groups is 1. The largest absolute Gasteiger partial charge is 0.494 e. The van der Waals surface area contributed by atoms with Crippen molar-refractivity contribution in [1.29, 1.82) is 0 Å². The van der Waals surface area contributed by atoms with Crippen LogP contribution in [0.1, 0.15) is 34.8 Å². The van der Waals surface area contributed by atoms with Crippen molar-refractivity contribution in [2.24, 2.45) is 4.99 Å². The number of aromatic nitrogens is 1. The molecule has 210 valence electrons. The third-order valence-electron chi connectivity index (χ3n) is 6.32. The maximum atomic E-state index is 12.5. The van der Waals surface area contributed by atoms with Gasteiger partial charge in [0.05, 0.1) is 41.1 Å². The number of fused-ring (bicyclic) bond motifs is 1. The van der Waals surface area contributed by atoms with Gasteiger partial charge in [0.15, 0.2) is 5.88 Å². The van der Waals surface area contributed by atoms with Crippen LogP contribution >= 0.6 is 0 Å². The van der Waals surface area contributed by atoms with E-state index in [1.807, 2.05) is 49.3 Å². The zero-order valence-corrected chi connectivity index (χ0v) is 23.9. The number of anilines is 1. The van der Waals surface area contributed by atoms with Crippen LogP contribution in [0.15, 0.2) is 77.8 Å². The van der Waals surface area contributed by atoms with Gasteiger partial charge < -0.3 is 19.7 Å². The highest BCUT2D eigenvalue weighted by atomic mass is 32.2. The summed E-state index contributed by atoms with van der Waals surface area (Å²) in [6.07, 6.45) is 1.89. The molecule has 40 heavy (non-hydrogen) atoms. The number of aromatic hydroxyl groups is 1. The zero-order chi connectivity index (χ0) is 28.9. The minimum atomic E-state index is -3.46. The fourth-order valence-corrected chi connectivity index (χ4v) is 5.43. The second kappa shape index (κ2) is 12.4. The SMILES string of the molecule is CCOC(=O)c1ccc2c(C(=Nc3ccc(N(CCCN(C)C)S(C)(=O)=O)cc3)c3ccccc3)c(O)[nH]c2c1. The van der Waals surface area contributed by atoms with Crippen molar-refractivity contribution in [3.63, 3.8) is 0 Å². The van der Waals surface area contributed by atoms with Gasteiger partial charge in [0.25, 0.3) is 0 Å². The van der Waals surface area contributed by atoms with Crippen molar-refractivity contribution in [2.75, 3.05) is 44.4 Å². The number of nitrogens with one attached hydrogen (secondary N) is 1. The predicted molar refractivity (Wildman–Crippen MR) is 159 cm³/mol. The van der Waals surface area contributed by atoms with Gasteiger partial charge in [-0.1, -0.05) is 36.4 Å². The fourth-order valence-electron chi connectivity index (χ4n) is 4.46. The lowest BCUT2D eigenvalue weighted by atomic mass is 10.00. The standard InChI is InChI=1S/C30H34N4O5S/c1-5-39-30(36)22-12-17-25-26(20-22)32-29(35)27(25)28(21-10-7-6-8-11-21)31-23-13-15-24(16-14-23)34(40(4,37)38)19-9-18-33(2)3/h6-8,10-17,20,32,35H,5,9,18-19H2,1-4H3. The smallest absolute Gasteiger partial charge is 0.338 e.